The fraction of sp³-hybridized carbons (Fsp3) is 0. The minimum absolute atomic E-state index is 0.814. The fourth-order valence-electron chi connectivity index (χ4n) is 9.08. The lowest BCUT2D eigenvalue weighted by Gasteiger charge is -2.28. The highest BCUT2D eigenvalue weighted by molar-refractivity contribution is 7.26. The van der Waals surface area contributed by atoms with Crippen molar-refractivity contribution < 1.29 is 4.74 Å². The molecular weight excluding hydrogens is 759 g/mol. The monoisotopic (exact) mass is 795 g/mol. The number of ether oxygens (including phenoxy) is 1. The number of nitrogens with zero attached hydrogens (tertiary/aromatic N) is 1. The van der Waals surface area contributed by atoms with E-state index in [-0.39, 0.29) is 0 Å². The van der Waals surface area contributed by atoms with Gasteiger partial charge in [0.05, 0.1) is 5.69 Å². The topological polar surface area (TPSA) is 12.5 Å². The molecule has 0 amide bonds. The zero-order valence-corrected chi connectivity index (χ0v) is 33.9. The average Bonchev–Trinajstić information content (AvgIpc) is 3.65. The van der Waals surface area contributed by atoms with E-state index in [1.54, 1.807) is 0 Å². The first-order valence-electron chi connectivity index (χ1n) is 20.7. The van der Waals surface area contributed by atoms with Gasteiger partial charge in [-0.1, -0.05) is 170 Å². The molecule has 0 bridgehead atoms. The van der Waals surface area contributed by atoms with Gasteiger partial charge in [-0.15, -0.1) is 11.3 Å². The number of anilines is 3. The first kappa shape index (κ1) is 35.2. The van der Waals surface area contributed by atoms with Crippen LogP contribution in [0.5, 0.6) is 11.5 Å². The number of fused-ring (bicyclic) bond motifs is 9. The largest absolute Gasteiger partial charge is 0.454 e. The highest BCUT2D eigenvalue weighted by atomic mass is 32.1. The zero-order valence-electron chi connectivity index (χ0n) is 33.1. The summed E-state index contributed by atoms with van der Waals surface area (Å²) in [6.45, 7) is 0. The van der Waals surface area contributed by atoms with Crippen LogP contribution in [-0.4, -0.2) is 0 Å². The maximum absolute atomic E-state index is 7.32. The standard InChI is InChI=1S/C58H37NOS/c1-3-13-38(14-4-1)40-25-30-45(31-26-40)59(46-32-27-41(28-33-46)47-20-11-22-51-49-19-9-10-24-56(49)61-58(47)51)54-23-12-21-50-52-35-44(39-15-5-2-6-16-39)29-34-48(52)53-36-42-17-7-8-18-43(42)37-55(53)60-57(50)54/h1-37H. The summed E-state index contributed by atoms with van der Waals surface area (Å²) in [6, 6.07) is 81.0. The number of para-hydroxylation sites is 1. The van der Waals surface area contributed by atoms with Crippen LogP contribution in [-0.2, 0) is 0 Å². The molecule has 0 N–H and O–H groups in total. The Morgan fingerprint density at radius 1 is 0.344 bits per heavy atom. The molecule has 0 saturated heterocycles. The number of hydrogen-bond acceptors (Lipinski definition) is 3. The van der Waals surface area contributed by atoms with E-state index in [0.29, 0.717) is 0 Å². The van der Waals surface area contributed by atoms with Crippen LogP contribution in [0.3, 0.4) is 0 Å². The minimum Gasteiger partial charge on any atom is -0.454 e. The highest BCUT2D eigenvalue weighted by Gasteiger charge is 2.27. The first-order chi connectivity index (χ1) is 30.2. The van der Waals surface area contributed by atoms with Crippen molar-refractivity contribution in [2.24, 2.45) is 0 Å². The van der Waals surface area contributed by atoms with Crippen molar-refractivity contribution in [2.75, 3.05) is 4.90 Å². The maximum atomic E-state index is 7.32. The van der Waals surface area contributed by atoms with Gasteiger partial charge in [-0.2, -0.15) is 0 Å². The predicted molar refractivity (Wildman–Crippen MR) is 259 cm³/mol. The van der Waals surface area contributed by atoms with Crippen LogP contribution in [0.1, 0.15) is 0 Å². The van der Waals surface area contributed by atoms with Crippen LogP contribution in [0.2, 0.25) is 0 Å². The van der Waals surface area contributed by atoms with Crippen molar-refractivity contribution in [1.82, 2.24) is 0 Å². The van der Waals surface area contributed by atoms with Crippen molar-refractivity contribution in [3.8, 4) is 67.1 Å². The van der Waals surface area contributed by atoms with Crippen LogP contribution in [0, 0.1) is 0 Å². The molecule has 286 valence electrons. The summed E-state index contributed by atoms with van der Waals surface area (Å²) in [5.41, 5.74) is 14.6. The van der Waals surface area contributed by atoms with Gasteiger partial charge >= 0.3 is 0 Å². The Kier molecular flexibility index (Phi) is 8.39. The van der Waals surface area contributed by atoms with Gasteiger partial charge in [0.2, 0.25) is 0 Å². The average molecular weight is 796 g/mol. The molecule has 1 aromatic heterocycles. The Labute approximate surface area is 358 Å². The van der Waals surface area contributed by atoms with E-state index >= 15 is 0 Å². The molecule has 0 radical (unpaired) electrons. The van der Waals surface area contributed by atoms with E-state index in [2.05, 4.69) is 229 Å². The minimum atomic E-state index is 0.814. The molecule has 2 heterocycles. The third kappa shape index (κ3) is 6.09. The van der Waals surface area contributed by atoms with Gasteiger partial charge in [-0.25, -0.2) is 0 Å². The van der Waals surface area contributed by atoms with E-state index in [0.717, 1.165) is 61.8 Å². The first-order valence-corrected chi connectivity index (χ1v) is 21.6. The van der Waals surface area contributed by atoms with Crippen LogP contribution in [0.4, 0.5) is 17.1 Å². The SMILES string of the molecule is c1ccc(-c2ccc(N(c3ccc(-c4cccc5c4sc4ccccc45)cc3)c3cccc4c3Oc3cc5ccccc5cc3-c3ccc(-c5ccccc5)cc3-4)cc2)cc1. The molecule has 61 heavy (non-hydrogen) atoms. The third-order valence-electron chi connectivity index (χ3n) is 12.1. The second kappa shape index (κ2) is 14.5. The molecule has 0 spiro atoms. The predicted octanol–water partition coefficient (Wildman–Crippen LogP) is 17.1. The van der Waals surface area contributed by atoms with Crippen LogP contribution in [0.25, 0.3) is 86.6 Å². The summed E-state index contributed by atoms with van der Waals surface area (Å²) in [5, 5.41) is 4.93. The van der Waals surface area contributed by atoms with Crippen molar-refractivity contribution >= 4 is 59.3 Å². The maximum Gasteiger partial charge on any atom is 0.159 e. The lowest BCUT2D eigenvalue weighted by molar-refractivity contribution is 0.489. The van der Waals surface area contributed by atoms with Gasteiger partial charge in [0.25, 0.3) is 0 Å². The third-order valence-corrected chi connectivity index (χ3v) is 13.3. The molecule has 0 atom stereocenters. The summed E-state index contributed by atoms with van der Waals surface area (Å²) in [4.78, 5) is 2.35. The molecule has 1 aliphatic heterocycles. The Morgan fingerprint density at radius 3 is 1.67 bits per heavy atom. The van der Waals surface area contributed by atoms with Gasteiger partial charge in [0.15, 0.2) is 5.75 Å². The second-order valence-electron chi connectivity index (χ2n) is 15.7. The summed E-state index contributed by atoms with van der Waals surface area (Å²) >= 11 is 1.87. The fourth-order valence-corrected chi connectivity index (χ4v) is 10.3. The molecule has 11 aromatic rings. The molecule has 0 aliphatic carbocycles. The van der Waals surface area contributed by atoms with Crippen LogP contribution >= 0.6 is 11.3 Å². The van der Waals surface area contributed by atoms with E-state index in [4.69, 9.17) is 4.74 Å². The van der Waals surface area contributed by atoms with Gasteiger partial charge in [0, 0.05) is 42.7 Å². The smallest absolute Gasteiger partial charge is 0.159 e. The van der Waals surface area contributed by atoms with E-state index in [1.165, 1.54) is 53.4 Å². The molecule has 1 aliphatic rings. The molecule has 2 nitrogen and oxygen atoms in total. The normalized spacial score (nSPS) is 11.7. The Bertz CT molecular complexity index is 3420. The summed E-state index contributed by atoms with van der Waals surface area (Å²) in [6.07, 6.45) is 0. The van der Waals surface area contributed by atoms with Gasteiger partial charge in [0.1, 0.15) is 5.75 Å². The number of thiophene rings is 1. The quantitative estimate of drug-likeness (QED) is 0.166. The van der Waals surface area contributed by atoms with Gasteiger partial charge in [-0.05, 0) is 110 Å². The number of rotatable bonds is 6. The molecule has 0 unspecified atom stereocenters. The summed E-state index contributed by atoms with van der Waals surface area (Å²) < 4.78 is 9.94. The van der Waals surface area contributed by atoms with E-state index in [1.807, 2.05) is 11.3 Å². The molecular formula is C58H37NOS. The molecule has 3 heteroatoms. The lowest BCUT2D eigenvalue weighted by atomic mass is 9.90. The number of hydrogen-bond donors (Lipinski definition) is 0. The molecule has 10 aromatic carbocycles. The van der Waals surface area contributed by atoms with E-state index in [9.17, 15) is 0 Å². The number of benzene rings is 10. The Hall–Kier alpha value is -7.72. The zero-order chi connectivity index (χ0) is 40.3. The van der Waals surface area contributed by atoms with Gasteiger partial charge in [-0.3, -0.25) is 0 Å². The summed E-state index contributed by atoms with van der Waals surface area (Å²) in [5.74, 6) is 1.65. The Balaban J connectivity index is 1.06. The molecule has 12 rings (SSSR count). The van der Waals surface area contributed by atoms with Gasteiger partial charge < -0.3 is 9.64 Å². The van der Waals surface area contributed by atoms with Crippen molar-refractivity contribution in [1.29, 1.82) is 0 Å². The van der Waals surface area contributed by atoms with Crippen molar-refractivity contribution in [3.05, 3.63) is 224 Å². The highest BCUT2D eigenvalue weighted by Crippen LogP contribution is 2.54. The van der Waals surface area contributed by atoms with Crippen molar-refractivity contribution in [3.63, 3.8) is 0 Å². The molecule has 0 saturated carbocycles. The van der Waals surface area contributed by atoms with Crippen LogP contribution < -0.4 is 9.64 Å². The van der Waals surface area contributed by atoms with Crippen molar-refractivity contribution in [2.45, 2.75) is 0 Å². The van der Waals surface area contributed by atoms with E-state index < -0.39 is 0 Å². The van der Waals surface area contributed by atoms with Crippen LogP contribution in [0.15, 0.2) is 224 Å². The summed E-state index contributed by atoms with van der Waals surface area (Å²) in [7, 11) is 0. The molecule has 0 fully saturated rings. The Morgan fingerprint density at radius 2 is 0.918 bits per heavy atom. The second-order valence-corrected chi connectivity index (χ2v) is 16.7. The lowest BCUT2D eigenvalue weighted by Crippen LogP contribution is -2.11.